The van der Waals surface area contributed by atoms with Crippen LogP contribution in [-0.2, 0) is 23.0 Å². The van der Waals surface area contributed by atoms with E-state index in [4.69, 9.17) is 4.74 Å². The number of hydrogen-bond donors (Lipinski definition) is 1. The van der Waals surface area contributed by atoms with Crippen molar-refractivity contribution in [2.45, 2.75) is 46.1 Å². The molecule has 1 fully saturated rings. The normalized spacial score (nSPS) is 18.1. The highest BCUT2D eigenvalue weighted by atomic mass is 16.5. The SMILES string of the molecule is CCOC1CCCN(C(=O)Cc2c(C)nc3c(c2C)c(=O)[nH]n3C)C1. The van der Waals surface area contributed by atoms with Crippen molar-refractivity contribution in [2.24, 2.45) is 7.05 Å². The topological polar surface area (TPSA) is 80.2 Å². The summed E-state index contributed by atoms with van der Waals surface area (Å²) < 4.78 is 7.31. The van der Waals surface area contributed by atoms with Crippen molar-refractivity contribution in [3.63, 3.8) is 0 Å². The van der Waals surface area contributed by atoms with Gasteiger partial charge in [0.25, 0.3) is 5.56 Å². The first-order valence-electron chi connectivity index (χ1n) is 8.86. The number of piperidine rings is 1. The van der Waals surface area contributed by atoms with E-state index in [0.717, 1.165) is 36.2 Å². The van der Waals surface area contributed by atoms with Gasteiger partial charge in [0.1, 0.15) is 0 Å². The fourth-order valence-electron chi connectivity index (χ4n) is 3.71. The summed E-state index contributed by atoms with van der Waals surface area (Å²) >= 11 is 0. The lowest BCUT2D eigenvalue weighted by Gasteiger charge is -2.32. The van der Waals surface area contributed by atoms with Gasteiger partial charge in [-0.1, -0.05) is 0 Å². The maximum atomic E-state index is 12.8. The van der Waals surface area contributed by atoms with E-state index in [2.05, 4.69) is 10.1 Å². The molecule has 1 N–H and O–H groups in total. The number of amides is 1. The van der Waals surface area contributed by atoms with Crippen LogP contribution >= 0.6 is 0 Å². The molecule has 1 unspecified atom stereocenters. The van der Waals surface area contributed by atoms with Crippen molar-refractivity contribution in [1.82, 2.24) is 19.7 Å². The lowest BCUT2D eigenvalue weighted by Crippen LogP contribution is -2.44. The highest BCUT2D eigenvalue weighted by Gasteiger charge is 2.25. The van der Waals surface area contributed by atoms with Crippen molar-refractivity contribution in [3.05, 3.63) is 27.2 Å². The number of fused-ring (bicyclic) bond motifs is 1. The van der Waals surface area contributed by atoms with Crippen LogP contribution < -0.4 is 5.56 Å². The summed E-state index contributed by atoms with van der Waals surface area (Å²) in [6, 6.07) is 0. The minimum atomic E-state index is -0.161. The molecule has 0 aliphatic carbocycles. The van der Waals surface area contributed by atoms with Gasteiger partial charge < -0.3 is 9.64 Å². The largest absolute Gasteiger partial charge is 0.377 e. The van der Waals surface area contributed by atoms with Crippen molar-refractivity contribution in [2.75, 3.05) is 19.7 Å². The third-order valence-corrected chi connectivity index (χ3v) is 5.04. The van der Waals surface area contributed by atoms with Crippen LogP contribution in [-0.4, -0.2) is 51.4 Å². The molecule has 7 heteroatoms. The molecule has 7 nitrogen and oxygen atoms in total. The van der Waals surface area contributed by atoms with Crippen LogP contribution in [0.3, 0.4) is 0 Å². The minimum Gasteiger partial charge on any atom is -0.377 e. The first kappa shape index (κ1) is 17.7. The smallest absolute Gasteiger partial charge is 0.273 e. The van der Waals surface area contributed by atoms with Gasteiger partial charge in [0.2, 0.25) is 5.91 Å². The fourth-order valence-corrected chi connectivity index (χ4v) is 3.71. The molecule has 3 heterocycles. The summed E-state index contributed by atoms with van der Waals surface area (Å²) in [5.41, 5.74) is 2.96. The first-order valence-corrected chi connectivity index (χ1v) is 8.86. The minimum absolute atomic E-state index is 0.0733. The van der Waals surface area contributed by atoms with Crippen LogP contribution in [0.25, 0.3) is 11.0 Å². The Kier molecular flexibility index (Phi) is 4.94. The summed E-state index contributed by atoms with van der Waals surface area (Å²) in [5, 5.41) is 3.31. The molecule has 0 aromatic carbocycles. The molecule has 3 rings (SSSR count). The molecule has 136 valence electrons. The Labute approximate surface area is 147 Å². The van der Waals surface area contributed by atoms with Crippen LogP contribution in [0.5, 0.6) is 0 Å². The lowest BCUT2D eigenvalue weighted by atomic mass is 10.00. The number of nitrogens with zero attached hydrogens (tertiary/aromatic N) is 3. The second kappa shape index (κ2) is 7.00. The molecular formula is C18H26N4O3. The van der Waals surface area contributed by atoms with E-state index in [-0.39, 0.29) is 24.0 Å². The molecule has 1 aliphatic heterocycles. The summed E-state index contributed by atoms with van der Waals surface area (Å²) in [6.45, 7) is 7.85. The van der Waals surface area contributed by atoms with Crippen molar-refractivity contribution in [1.29, 1.82) is 0 Å². The number of hydrogen-bond acceptors (Lipinski definition) is 4. The number of carbonyl (C=O) groups excluding carboxylic acids is 1. The molecule has 2 aromatic heterocycles. The van der Waals surface area contributed by atoms with Gasteiger partial charge in [-0.05, 0) is 44.7 Å². The zero-order chi connectivity index (χ0) is 18.1. The number of ether oxygens (including phenoxy) is 1. The maximum absolute atomic E-state index is 12.8. The maximum Gasteiger partial charge on any atom is 0.273 e. The highest BCUT2D eigenvalue weighted by Crippen LogP contribution is 2.22. The molecule has 1 saturated heterocycles. The molecule has 0 radical (unpaired) electrons. The number of H-pyrrole nitrogens is 1. The quantitative estimate of drug-likeness (QED) is 0.909. The van der Waals surface area contributed by atoms with Crippen LogP contribution in [0.15, 0.2) is 4.79 Å². The highest BCUT2D eigenvalue weighted by molar-refractivity contribution is 5.84. The Bertz CT molecular complexity index is 850. The monoisotopic (exact) mass is 346 g/mol. The number of rotatable bonds is 4. The number of likely N-dealkylation sites (tertiary alicyclic amines) is 1. The van der Waals surface area contributed by atoms with E-state index in [1.54, 1.807) is 11.7 Å². The third kappa shape index (κ3) is 3.33. The molecule has 0 bridgehead atoms. The molecule has 2 aromatic rings. The standard InChI is InChI=1S/C18H26N4O3/c1-5-25-13-7-6-8-22(10-13)15(23)9-14-11(2)16-17(19-12(14)3)21(4)20-18(16)24/h13H,5-10H2,1-4H3,(H,20,24). The van der Waals surface area contributed by atoms with E-state index >= 15 is 0 Å². The van der Waals surface area contributed by atoms with Gasteiger partial charge in [-0.25, -0.2) is 4.98 Å². The summed E-state index contributed by atoms with van der Waals surface area (Å²) in [6.07, 6.45) is 2.36. The number of aromatic amines is 1. The Morgan fingerprint density at radius 1 is 1.40 bits per heavy atom. The predicted molar refractivity (Wildman–Crippen MR) is 95.7 cm³/mol. The number of aryl methyl sites for hydroxylation is 3. The van der Waals surface area contributed by atoms with Gasteiger partial charge in [0.05, 0.1) is 17.9 Å². The van der Waals surface area contributed by atoms with Crippen molar-refractivity contribution in [3.8, 4) is 0 Å². The van der Waals surface area contributed by atoms with Gasteiger partial charge in [-0.2, -0.15) is 0 Å². The molecule has 0 spiro atoms. The van der Waals surface area contributed by atoms with Crippen molar-refractivity contribution < 1.29 is 9.53 Å². The van der Waals surface area contributed by atoms with Gasteiger partial charge in [-0.15, -0.1) is 0 Å². The van der Waals surface area contributed by atoms with Crippen LogP contribution in [0.4, 0.5) is 0 Å². The number of aromatic nitrogens is 3. The Hall–Kier alpha value is -2.15. The Morgan fingerprint density at radius 2 is 2.16 bits per heavy atom. The zero-order valence-electron chi connectivity index (χ0n) is 15.4. The molecular weight excluding hydrogens is 320 g/mol. The molecule has 25 heavy (non-hydrogen) atoms. The van der Waals surface area contributed by atoms with Gasteiger partial charge in [0, 0.05) is 32.4 Å². The molecule has 1 amide bonds. The molecule has 0 saturated carbocycles. The van der Waals surface area contributed by atoms with E-state index in [9.17, 15) is 9.59 Å². The summed E-state index contributed by atoms with van der Waals surface area (Å²) in [7, 11) is 1.77. The number of pyridine rings is 1. The van der Waals surface area contributed by atoms with E-state index < -0.39 is 0 Å². The Balaban J connectivity index is 1.86. The number of nitrogens with one attached hydrogen (secondary N) is 1. The van der Waals surface area contributed by atoms with Gasteiger partial charge in [0.15, 0.2) is 5.65 Å². The van der Waals surface area contributed by atoms with E-state index in [1.165, 1.54) is 0 Å². The van der Waals surface area contributed by atoms with Crippen LogP contribution in [0.2, 0.25) is 0 Å². The first-order chi connectivity index (χ1) is 11.9. The Morgan fingerprint density at radius 3 is 2.88 bits per heavy atom. The van der Waals surface area contributed by atoms with Gasteiger partial charge in [-0.3, -0.25) is 19.4 Å². The van der Waals surface area contributed by atoms with E-state index in [0.29, 0.717) is 24.2 Å². The average Bonchev–Trinajstić information content (AvgIpc) is 2.85. The molecule has 1 aliphatic rings. The van der Waals surface area contributed by atoms with Crippen molar-refractivity contribution >= 4 is 16.9 Å². The lowest BCUT2D eigenvalue weighted by molar-refractivity contribution is -0.134. The fraction of sp³-hybridized carbons (Fsp3) is 0.611. The third-order valence-electron chi connectivity index (χ3n) is 5.04. The zero-order valence-corrected chi connectivity index (χ0v) is 15.4. The number of carbonyl (C=O) groups is 1. The average molecular weight is 346 g/mol. The summed E-state index contributed by atoms with van der Waals surface area (Å²) in [5.74, 6) is 0.0733. The second-order valence-corrected chi connectivity index (χ2v) is 6.74. The predicted octanol–water partition coefficient (Wildman–Crippen LogP) is 1.45. The molecule has 1 atom stereocenters. The van der Waals surface area contributed by atoms with Crippen LogP contribution in [0.1, 0.15) is 36.6 Å². The van der Waals surface area contributed by atoms with E-state index in [1.807, 2.05) is 25.7 Å². The van der Waals surface area contributed by atoms with Crippen LogP contribution in [0, 0.1) is 13.8 Å². The van der Waals surface area contributed by atoms with Gasteiger partial charge >= 0.3 is 0 Å². The summed E-state index contributed by atoms with van der Waals surface area (Å²) in [4.78, 5) is 31.4. The second-order valence-electron chi connectivity index (χ2n) is 6.74.